The second-order valence-electron chi connectivity index (χ2n) is 6.22. The van der Waals surface area contributed by atoms with Gasteiger partial charge >= 0.3 is 0 Å². The molecule has 0 radical (unpaired) electrons. The summed E-state index contributed by atoms with van der Waals surface area (Å²) in [5.74, 6) is 1.26. The van der Waals surface area contributed by atoms with Crippen molar-refractivity contribution in [1.82, 2.24) is 5.32 Å². The Bertz CT molecular complexity index is 394. The molecular weight excluding hydrogens is 246 g/mol. The third kappa shape index (κ3) is 3.62. The van der Waals surface area contributed by atoms with Crippen LogP contribution in [0.25, 0.3) is 0 Å². The maximum Gasteiger partial charge on any atom is 0.0953 e. The molecule has 1 aliphatic heterocycles. The summed E-state index contributed by atoms with van der Waals surface area (Å²) in [5, 5.41) is 3.54. The molecule has 0 aromatic heterocycles. The number of benzene rings is 1. The van der Waals surface area contributed by atoms with Gasteiger partial charge < -0.3 is 10.1 Å². The number of nitrogens with one attached hydrogen (secondary N) is 1. The lowest BCUT2D eigenvalue weighted by Crippen LogP contribution is -2.44. The lowest BCUT2D eigenvalue weighted by atomic mass is 9.94. The quantitative estimate of drug-likeness (QED) is 0.866. The summed E-state index contributed by atoms with van der Waals surface area (Å²) in [6, 6.07) is 8.95. The first-order valence-corrected chi connectivity index (χ1v) is 8.11. The van der Waals surface area contributed by atoms with Crippen molar-refractivity contribution in [2.75, 3.05) is 13.1 Å². The fourth-order valence-corrected chi connectivity index (χ4v) is 3.05. The zero-order valence-electron chi connectivity index (χ0n) is 13.4. The Labute approximate surface area is 123 Å². The number of ether oxygens (including phenoxy) is 1. The van der Waals surface area contributed by atoms with Crippen molar-refractivity contribution < 1.29 is 4.74 Å². The topological polar surface area (TPSA) is 21.3 Å². The van der Waals surface area contributed by atoms with Crippen LogP contribution in [0.5, 0.6) is 0 Å². The van der Waals surface area contributed by atoms with Gasteiger partial charge in [-0.05, 0) is 23.0 Å². The average molecular weight is 275 g/mol. The fourth-order valence-electron chi connectivity index (χ4n) is 3.05. The number of rotatable bonds is 5. The Morgan fingerprint density at radius 1 is 1.10 bits per heavy atom. The van der Waals surface area contributed by atoms with Gasteiger partial charge in [-0.2, -0.15) is 0 Å². The molecule has 0 bridgehead atoms. The van der Waals surface area contributed by atoms with Crippen LogP contribution in [0.2, 0.25) is 0 Å². The van der Waals surface area contributed by atoms with Gasteiger partial charge in [-0.1, -0.05) is 64.8 Å². The van der Waals surface area contributed by atoms with E-state index in [1.165, 1.54) is 24.0 Å². The second-order valence-corrected chi connectivity index (χ2v) is 6.22. The Kier molecular flexibility index (Phi) is 5.62. The molecule has 1 N–H and O–H groups in total. The zero-order valence-corrected chi connectivity index (χ0v) is 13.4. The molecule has 1 fully saturated rings. The lowest BCUT2D eigenvalue weighted by Gasteiger charge is -2.35. The summed E-state index contributed by atoms with van der Waals surface area (Å²) in [6.45, 7) is 10.9. The maximum atomic E-state index is 6.35. The average Bonchev–Trinajstić information content (AvgIpc) is 2.49. The molecule has 2 heteroatoms. The first-order chi connectivity index (χ1) is 9.65. The van der Waals surface area contributed by atoms with Crippen LogP contribution in [-0.4, -0.2) is 19.2 Å². The summed E-state index contributed by atoms with van der Waals surface area (Å²) in [4.78, 5) is 0. The van der Waals surface area contributed by atoms with E-state index in [2.05, 4.69) is 57.3 Å². The molecule has 2 rings (SSSR count). The number of morpholine rings is 1. The molecule has 0 aliphatic carbocycles. The molecule has 0 amide bonds. The van der Waals surface area contributed by atoms with Gasteiger partial charge in [0.05, 0.1) is 12.2 Å². The highest BCUT2D eigenvalue weighted by Crippen LogP contribution is 2.28. The minimum absolute atomic E-state index is 0.204. The van der Waals surface area contributed by atoms with Crippen molar-refractivity contribution in [1.29, 1.82) is 0 Å². The predicted octanol–water partition coefficient (Wildman–Crippen LogP) is 4.28. The molecule has 1 saturated heterocycles. The van der Waals surface area contributed by atoms with Gasteiger partial charge in [0.15, 0.2) is 0 Å². The fraction of sp³-hybridized carbons (Fsp3) is 0.667. The van der Waals surface area contributed by atoms with Crippen LogP contribution in [0, 0.1) is 5.92 Å². The summed E-state index contributed by atoms with van der Waals surface area (Å²) >= 11 is 0. The van der Waals surface area contributed by atoms with E-state index in [1.807, 2.05) is 0 Å². The van der Waals surface area contributed by atoms with Gasteiger partial charge in [-0.3, -0.25) is 0 Å². The molecule has 1 heterocycles. The van der Waals surface area contributed by atoms with E-state index in [1.54, 1.807) is 0 Å². The number of hydrogen-bond acceptors (Lipinski definition) is 2. The predicted molar refractivity (Wildman–Crippen MR) is 85.1 cm³/mol. The summed E-state index contributed by atoms with van der Waals surface area (Å²) in [5.41, 5.74) is 2.70. The van der Waals surface area contributed by atoms with Crippen LogP contribution >= 0.6 is 0 Å². The van der Waals surface area contributed by atoms with Gasteiger partial charge in [-0.15, -0.1) is 0 Å². The standard InChI is InChI=1S/C18H29NO/c1-5-14(6-2)17-11-19-12-18(20-17)16-9-7-15(8-10-16)13(3)4/h7-10,13-14,17-19H,5-6,11-12H2,1-4H3. The molecule has 0 saturated carbocycles. The van der Waals surface area contributed by atoms with Crippen LogP contribution in [0.3, 0.4) is 0 Å². The molecule has 20 heavy (non-hydrogen) atoms. The molecule has 2 atom stereocenters. The van der Waals surface area contributed by atoms with Crippen molar-refractivity contribution in [2.24, 2.45) is 5.92 Å². The second kappa shape index (κ2) is 7.24. The normalized spacial score (nSPS) is 23.5. The SMILES string of the molecule is CCC(CC)C1CNCC(c2ccc(C(C)C)cc2)O1. The van der Waals surface area contributed by atoms with Crippen LogP contribution in [0.15, 0.2) is 24.3 Å². The molecular formula is C18H29NO. The minimum atomic E-state index is 0.204. The Morgan fingerprint density at radius 2 is 1.75 bits per heavy atom. The molecule has 0 spiro atoms. The van der Waals surface area contributed by atoms with E-state index in [-0.39, 0.29) is 6.10 Å². The summed E-state index contributed by atoms with van der Waals surface area (Å²) in [7, 11) is 0. The first-order valence-electron chi connectivity index (χ1n) is 8.11. The Morgan fingerprint density at radius 3 is 2.30 bits per heavy atom. The highest BCUT2D eigenvalue weighted by Gasteiger charge is 2.27. The van der Waals surface area contributed by atoms with Gasteiger partial charge in [-0.25, -0.2) is 0 Å². The largest absolute Gasteiger partial charge is 0.367 e. The zero-order chi connectivity index (χ0) is 14.5. The van der Waals surface area contributed by atoms with Gasteiger partial charge in [0, 0.05) is 13.1 Å². The molecule has 112 valence electrons. The van der Waals surface area contributed by atoms with Gasteiger partial charge in [0.2, 0.25) is 0 Å². The van der Waals surface area contributed by atoms with Crippen molar-refractivity contribution in [3.8, 4) is 0 Å². The highest BCUT2D eigenvalue weighted by atomic mass is 16.5. The molecule has 2 nitrogen and oxygen atoms in total. The van der Waals surface area contributed by atoms with Crippen molar-refractivity contribution in [3.05, 3.63) is 35.4 Å². The van der Waals surface area contributed by atoms with E-state index < -0.39 is 0 Å². The summed E-state index contributed by atoms with van der Waals surface area (Å²) in [6.07, 6.45) is 2.95. The molecule has 1 aromatic rings. The maximum absolute atomic E-state index is 6.35. The van der Waals surface area contributed by atoms with Gasteiger partial charge in [0.25, 0.3) is 0 Å². The Balaban J connectivity index is 2.04. The smallest absolute Gasteiger partial charge is 0.0953 e. The van der Waals surface area contributed by atoms with Crippen LogP contribution in [-0.2, 0) is 4.74 Å². The molecule has 2 unspecified atom stereocenters. The van der Waals surface area contributed by atoms with E-state index in [0.29, 0.717) is 17.9 Å². The third-order valence-electron chi connectivity index (χ3n) is 4.56. The van der Waals surface area contributed by atoms with Gasteiger partial charge in [0.1, 0.15) is 0 Å². The first kappa shape index (κ1) is 15.5. The van der Waals surface area contributed by atoms with Crippen LogP contribution < -0.4 is 5.32 Å². The van der Waals surface area contributed by atoms with E-state index in [0.717, 1.165) is 13.1 Å². The third-order valence-corrected chi connectivity index (χ3v) is 4.56. The summed E-state index contributed by atoms with van der Waals surface area (Å²) < 4.78 is 6.35. The van der Waals surface area contributed by atoms with Crippen molar-refractivity contribution in [2.45, 2.75) is 58.7 Å². The van der Waals surface area contributed by atoms with Crippen molar-refractivity contribution >= 4 is 0 Å². The molecule has 1 aromatic carbocycles. The van der Waals surface area contributed by atoms with Crippen molar-refractivity contribution in [3.63, 3.8) is 0 Å². The highest BCUT2D eigenvalue weighted by molar-refractivity contribution is 5.26. The Hall–Kier alpha value is -0.860. The minimum Gasteiger partial charge on any atom is -0.367 e. The lowest BCUT2D eigenvalue weighted by molar-refractivity contribution is -0.0688. The molecule has 1 aliphatic rings. The monoisotopic (exact) mass is 275 g/mol. The van der Waals surface area contributed by atoms with Crippen LogP contribution in [0.4, 0.5) is 0 Å². The van der Waals surface area contributed by atoms with Crippen LogP contribution in [0.1, 0.15) is 63.7 Å². The van der Waals surface area contributed by atoms with E-state index >= 15 is 0 Å². The van der Waals surface area contributed by atoms with E-state index in [9.17, 15) is 0 Å². The number of hydrogen-bond donors (Lipinski definition) is 1. The van der Waals surface area contributed by atoms with E-state index in [4.69, 9.17) is 4.74 Å².